The molecule has 0 saturated carbocycles. The first-order valence-corrected chi connectivity index (χ1v) is 10.3. The van der Waals surface area contributed by atoms with Crippen LogP contribution in [0.15, 0.2) is 59.5 Å². The molecule has 0 bridgehead atoms. The SMILES string of the molecule is O=[N+]([O-])c1ccc(S(=O)(=O)N2CCCC(COCc3ccccc3)C2)cc1. The van der Waals surface area contributed by atoms with Gasteiger partial charge in [-0.25, -0.2) is 8.42 Å². The molecule has 144 valence electrons. The van der Waals surface area contributed by atoms with Crippen molar-refractivity contribution in [2.45, 2.75) is 24.3 Å². The van der Waals surface area contributed by atoms with E-state index in [0.717, 1.165) is 18.4 Å². The zero-order chi connectivity index (χ0) is 19.3. The third kappa shape index (κ3) is 4.91. The lowest BCUT2D eigenvalue weighted by atomic mass is 10.0. The number of sulfonamides is 1. The molecule has 0 aromatic heterocycles. The van der Waals surface area contributed by atoms with Gasteiger partial charge in [0.1, 0.15) is 0 Å². The number of piperidine rings is 1. The van der Waals surface area contributed by atoms with Gasteiger partial charge in [0.05, 0.1) is 23.0 Å². The van der Waals surface area contributed by atoms with Crippen LogP contribution < -0.4 is 0 Å². The van der Waals surface area contributed by atoms with Crippen molar-refractivity contribution in [3.63, 3.8) is 0 Å². The van der Waals surface area contributed by atoms with Gasteiger partial charge in [-0.3, -0.25) is 10.1 Å². The van der Waals surface area contributed by atoms with Crippen molar-refractivity contribution in [2.24, 2.45) is 5.92 Å². The lowest BCUT2D eigenvalue weighted by Gasteiger charge is -2.31. The second-order valence-corrected chi connectivity index (χ2v) is 8.56. The lowest BCUT2D eigenvalue weighted by Crippen LogP contribution is -2.41. The van der Waals surface area contributed by atoms with E-state index in [1.807, 2.05) is 30.3 Å². The van der Waals surface area contributed by atoms with Crippen molar-refractivity contribution in [3.05, 3.63) is 70.3 Å². The van der Waals surface area contributed by atoms with Crippen LogP contribution in [-0.2, 0) is 21.4 Å². The van der Waals surface area contributed by atoms with Crippen LogP contribution in [0.1, 0.15) is 18.4 Å². The second kappa shape index (κ2) is 8.60. The van der Waals surface area contributed by atoms with Crippen molar-refractivity contribution in [2.75, 3.05) is 19.7 Å². The minimum atomic E-state index is -3.66. The summed E-state index contributed by atoms with van der Waals surface area (Å²) in [6.45, 7) is 1.86. The maximum absolute atomic E-state index is 12.8. The van der Waals surface area contributed by atoms with Crippen LogP contribution in [0.4, 0.5) is 5.69 Å². The molecule has 1 atom stereocenters. The average molecular weight is 390 g/mol. The number of benzene rings is 2. The van der Waals surface area contributed by atoms with Gasteiger partial charge in [0.2, 0.25) is 10.0 Å². The number of hydrogen-bond donors (Lipinski definition) is 0. The highest BCUT2D eigenvalue weighted by atomic mass is 32.2. The summed E-state index contributed by atoms with van der Waals surface area (Å²) < 4.78 is 32.9. The lowest BCUT2D eigenvalue weighted by molar-refractivity contribution is -0.384. The summed E-state index contributed by atoms with van der Waals surface area (Å²) in [6.07, 6.45) is 1.69. The molecule has 3 rings (SSSR count). The first-order chi connectivity index (χ1) is 13.0. The molecule has 8 heteroatoms. The number of nitro benzene ring substituents is 1. The summed E-state index contributed by atoms with van der Waals surface area (Å²) in [4.78, 5) is 10.3. The molecule has 1 aliphatic rings. The summed E-state index contributed by atoms with van der Waals surface area (Å²) in [5.41, 5.74) is 0.962. The molecular formula is C19H22N2O5S. The third-order valence-corrected chi connectivity index (χ3v) is 6.51. The van der Waals surface area contributed by atoms with E-state index in [-0.39, 0.29) is 16.5 Å². The molecule has 27 heavy (non-hydrogen) atoms. The van der Waals surface area contributed by atoms with E-state index in [0.29, 0.717) is 26.3 Å². The van der Waals surface area contributed by atoms with Crippen LogP contribution in [-0.4, -0.2) is 37.3 Å². The largest absolute Gasteiger partial charge is 0.376 e. The Balaban J connectivity index is 1.60. The summed E-state index contributed by atoms with van der Waals surface area (Å²) in [5.74, 6) is 0.135. The molecule has 1 unspecified atom stereocenters. The van der Waals surface area contributed by atoms with Gasteiger partial charge in [0.15, 0.2) is 0 Å². The normalized spacial score (nSPS) is 18.3. The molecule has 1 fully saturated rings. The summed E-state index contributed by atoms with van der Waals surface area (Å²) >= 11 is 0. The van der Waals surface area contributed by atoms with E-state index in [1.54, 1.807) is 0 Å². The van der Waals surface area contributed by atoms with Gasteiger partial charge in [0, 0.05) is 25.2 Å². The quantitative estimate of drug-likeness (QED) is 0.535. The molecule has 1 aliphatic heterocycles. The van der Waals surface area contributed by atoms with Gasteiger partial charge in [-0.05, 0) is 36.5 Å². The van der Waals surface area contributed by atoms with Gasteiger partial charge < -0.3 is 4.74 Å². The maximum atomic E-state index is 12.8. The van der Waals surface area contributed by atoms with Crippen molar-refractivity contribution in [3.8, 4) is 0 Å². The molecule has 1 saturated heterocycles. The van der Waals surface area contributed by atoms with E-state index in [2.05, 4.69) is 0 Å². The molecule has 0 N–H and O–H groups in total. The Morgan fingerprint density at radius 3 is 2.48 bits per heavy atom. The van der Waals surface area contributed by atoms with E-state index in [9.17, 15) is 18.5 Å². The smallest absolute Gasteiger partial charge is 0.269 e. The summed E-state index contributed by atoms with van der Waals surface area (Å²) in [7, 11) is -3.66. The Bertz CT molecular complexity index is 869. The van der Waals surface area contributed by atoms with Crippen LogP contribution in [0.3, 0.4) is 0 Å². The predicted molar refractivity (Wildman–Crippen MR) is 101 cm³/mol. The standard InChI is InChI=1S/C19H22N2O5S/c22-21(23)18-8-10-19(11-9-18)27(24,25)20-12-4-7-17(13-20)15-26-14-16-5-2-1-3-6-16/h1-3,5-6,8-11,17H,4,7,12-15H2. The first-order valence-electron chi connectivity index (χ1n) is 8.83. The number of rotatable bonds is 7. The highest BCUT2D eigenvalue weighted by Gasteiger charge is 2.30. The van der Waals surface area contributed by atoms with Gasteiger partial charge in [0.25, 0.3) is 5.69 Å². The topological polar surface area (TPSA) is 89.8 Å². The number of nitro groups is 1. The van der Waals surface area contributed by atoms with E-state index >= 15 is 0 Å². The van der Waals surface area contributed by atoms with E-state index < -0.39 is 14.9 Å². The summed E-state index contributed by atoms with van der Waals surface area (Å²) in [6, 6.07) is 14.9. The maximum Gasteiger partial charge on any atom is 0.269 e. The van der Waals surface area contributed by atoms with Crippen LogP contribution in [0.25, 0.3) is 0 Å². The van der Waals surface area contributed by atoms with Gasteiger partial charge in [-0.2, -0.15) is 4.31 Å². The fourth-order valence-electron chi connectivity index (χ4n) is 3.19. The van der Waals surface area contributed by atoms with Gasteiger partial charge in [-0.1, -0.05) is 30.3 Å². The molecular weight excluding hydrogens is 368 g/mol. The first kappa shape index (κ1) is 19.5. The van der Waals surface area contributed by atoms with Crippen molar-refractivity contribution in [1.82, 2.24) is 4.31 Å². The van der Waals surface area contributed by atoms with Crippen LogP contribution in [0, 0.1) is 16.0 Å². The highest BCUT2D eigenvalue weighted by Crippen LogP contribution is 2.25. The van der Waals surface area contributed by atoms with Gasteiger partial charge >= 0.3 is 0 Å². The third-order valence-electron chi connectivity index (χ3n) is 4.63. The van der Waals surface area contributed by atoms with Crippen LogP contribution in [0.5, 0.6) is 0 Å². The van der Waals surface area contributed by atoms with Crippen LogP contribution >= 0.6 is 0 Å². The number of nitrogens with zero attached hydrogens (tertiary/aromatic N) is 2. The van der Waals surface area contributed by atoms with E-state index in [1.165, 1.54) is 28.6 Å². The van der Waals surface area contributed by atoms with Crippen molar-refractivity contribution < 1.29 is 18.1 Å². The molecule has 7 nitrogen and oxygen atoms in total. The van der Waals surface area contributed by atoms with E-state index in [4.69, 9.17) is 4.74 Å². The Kier molecular flexibility index (Phi) is 6.20. The molecule has 2 aromatic rings. The average Bonchev–Trinajstić information content (AvgIpc) is 2.69. The molecule has 0 aliphatic carbocycles. The second-order valence-electron chi connectivity index (χ2n) is 6.62. The monoisotopic (exact) mass is 390 g/mol. The molecule has 0 radical (unpaired) electrons. The Hall–Kier alpha value is -2.29. The number of hydrogen-bond acceptors (Lipinski definition) is 5. The zero-order valence-corrected chi connectivity index (χ0v) is 15.7. The minimum absolute atomic E-state index is 0.0824. The number of non-ortho nitro benzene ring substituents is 1. The highest BCUT2D eigenvalue weighted by molar-refractivity contribution is 7.89. The minimum Gasteiger partial charge on any atom is -0.376 e. The zero-order valence-electron chi connectivity index (χ0n) is 14.9. The van der Waals surface area contributed by atoms with Gasteiger partial charge in [-0.15, -0.1) is 0 Å². The number of ether oxygens (including phenoxy) is 1. The van der Waals surface area contributed by atoms with Crippen LogP contribution in [0.2, 0.25) is 0 Å². The summed E-state index contributed by atoms with van der Waals surface area (Å²) in [5, 5.41) is 10.7. The van der Waals surface area contributed by atoms with Crippen molar-refractivity contribution >= 4 is 15.7 Å². The molecule has 0 amide bonds. The Labute approximate surface area is 158 Å². The Morgan fingerprint density at radius 2 is 1.81 bits per heavy atom. The molecule has 0 spiro atoms. The fraction of sp³-hybridized carbons (Fsp3) is 0.368. The predicted octanol–water partition coefficient (Wildman–Crippen LogP) is 3.21. The van der Waals surface area contributed by atoms with Crippen molar-refractivity contribution in [1.29, 1.82) is 0 Å². The fourth-order valence-corrected chi connectivity index (χ4v) is 4.74. The Morgan fingerprint density at radius 1 is 1.11 bits per heavy atom. The molecule has 2 aromatic carbocycles. The molecule has 1 heterocycles.